The molecule has 0 aliphatic carbocycles. The highest BCUT2D eigenvalue weighted by molar-refractivity contribution is 6.31. The van der Waals surface area contributed by atoms with Crippen LogP contribution >= 0.6 is 11.6 Å². The summed E-state index contributed by atoms with van der Waals surface area (Å²) in [7, 11) is 0. The Labute approximate surface area is 153 Å². The Morgan fingerprint density at radius 2 is 1.60 bits per heavy atom. The maximum atomic E-state index is 9.47. The highest BCUT2D eigenvalue weighted by Gasteiger charge is 2.12. The van der Waals surface area contributed by atoms with Crippen LogP contribution in [0.1, 0.15) is 27.8 Å². The van der Waals surface area contributed by atoms with Gasteiger partial charge in [0.2, 0.25) is 0 Å². The van der Waals surface area contributed by atoms with E-state index in [1.165, 1.54) is 11.1 Å². The summed E-state index contributed by atoms with van der Waals surface area (Å²) in [4.78, 5) is 0. The Bertz CT molecular complexity index is 827. The molecule has 3 aromatic rings. The molecule has 0 fully saturated rings. The quantitative estimate of drug-likeness (QED) is 0.651. The van der Waals surface area contributed by atoms with Crippen molar-refractivity contribution in [2.24, 2.45) is 0 Å². The zero-order chi connectivity index (χ0) is 17.6. The van der Waals surface area contributed by atoms with Crippen molar-refractivity contribution in [3.8, 4) is 5.75 Å². The van der Waals surface area contributed by atoms with Gasteiger partial charge in [-0.25, -0.2) is 0 Å². The molecule has 0 saturated heterocycles. The first kappa shape index (κ1) is 17.5. The lowest BCUT2D eigenvalue weighted by atomic mass is 10.0. The Kier molecular flexibility index (Phi) is 5.75. The smallest absolute Gasteiger partial charge is 0.125 e. The van der Waals surface area contributed by atoms with Crippen molar-refractivity contribution in [2.75, 3.05) is 0 Å². The predicted molar refractivity (Wildman–Crippen MR) is 102 cm³/mol. The first-order valence-corrected chi connectivity index (χ1v) is 8.68. The molecule has 3 heteroatoms. The summed E-state index contributed by atoms with van der Waals surface area (Å²) in [6.45, 7) is 2.47. The molecule has 0 spiro atoms. The van der Waals surface area contributed by atoms with Gasteiger partial charge in [-0.15, -0.1) is 0 Å². The van der Waals surface area contributed by atoms with Crippen LogP contribution < -0.4 is 4.74 Å². The lowest BCUT2D eigenvalue weighted by Gasteiger charge is -2.15. The Hall–Kier alpha value is -2.29. The van der Waals surface area contributed by atoms with Gasteiger partial charge in [0.1, 0.15) is 12.4 Å². The minimum atomic E-state index is -0.0633. The summed E-state index contributed by atoms with van der Waals surface area (Å²) in [5, 5.41) is 10.1. The number of halogens is 1. The second kappa shape index (κ2) is 8.19. The van der Waals surface area contributed by atoms with Crippen LogP contribution in [-0.2, 0) is 19.6 Å². The Balaban J connectivity index is 1.88. The zero-order valence-electron chi connectivity index (χ0n) is 14.2. The van der Waals surface area contributed by atoms with Crippen molar-refractivity contribution in [2.45, 2.75) is 26.6 Å². The number of aliphatic hydroxyl groups is 1. The van der Waals surface area contributed by atoms with Crippen molar-refractivity contribution in [3.05, 3.63) is 99.6 Å². The van der Waals surface area contributed by atoms with E-state index in [9.17, 15) is 5.11 Å². The summed E-state index contributed by atoms with van der Waals surface area (Å²) in [5.41, 5.74) is 5.19. The maximum Gasteiger partial charge on any atom is 0.125 e. The molecule has 0 bridgehead atoms. The molecule has 3 rings (SSSR count). The van der Waals surface area contributed by atoms with E-state index in [2.05, 4.69) is 31.2 Å². The van der Waals surface area contributed by atoms with Gasteiger partial charge in [0.15, 0.2) is 0 Å². The van der Waals surface area contributed by atoms with E-state index in [1.54, 1.807) is 6.07 Å². The molecule has 128 valence electrons. The van der Waals surface area contributed by atoms with Gasteiger partial charge in [0, 0.05) is 17.0 Å². The molecule has 0 aliphatic heterocycles. The second-order valence-electron chi connectivity index (χ2n) is 6.15. The van der Waals surface area contributed by atoms with Crippen LogP contribution in [0.25, 0.3) is 0 Å². The lowest BCUT2D eigenvalue weighted by Crippen LogP contribution is -2.02. The van der Waals surface area contributed by atoms with Crippen molar-refractivity contribution in [1.82, 2.24) is 0 Å². The molecular formula is C22H21ClO2. The monoisotopic (exact) mass is 352 g/mol. The third kappa shape index (κ3) is 4.62. The molecule has 2 nitrogen and oxygen atoms in total. The predicted octanol–water partition coefficient (Wildman–Crippen LogP) is 5.31. The summed E-state index contributed by atoms with van der Waals surface area (Å²) >= 11 is 6.49. The van der Waals surface area contributed by atoms with E-state index in [0.29, 0.717) is 18.1 Å². The van der Waals surface area contributed by atoms with Crippen LogP contribution in [-0.4, -0.2) is 5.11 Å². The second-order valence-corrected chi connectivity index (χ2v) is 6.56. The van der Waals surface area contributed by atoms with Gasteiger partial charge in [0.25, 0.3) is 0 Å². The minimum absolute atomic E-state index is 0.0633. The molecular weight excluding hydrogens is 332 g/mol. The fraction of sp³-hybridized carbons (Fsp3) is 0.182. The molecule has 0 aliphatic rings. The zero-order valence-corrected chi connectivity index (χ0v) is 15.0. The topological polar surface area (TPSA) is 29.5 Å². The molecule has 0 aromatic heterocycles. The molecule has 0 saturated carbocycles. The summed E-state index contributed by atoms with van der Waals surface area (Å²) in [6, 6.07) is 22.1. The fourth-order valence-corrected chi connectivity index (χ4v) is 3.00. The number of benzene rings is 3. The van der Waals surface area contributed by atoms with E-state index >= 15 is 0 Å². The van der Waals surface area contributed by atoms with Crippen molar-refractivity contribution in [1.29, 1.82) is 0 Å². The minimum Gasteiger partial charge on any atom is -0.489 e. The molecule has 0 amide bonds. The summed E-state index contributed by atoms with van der Waals surface area (Å²) in [5.74, 6) is 0.723. The average molecular weight is 353 g/mol. The van der Waals surface area contributed by atoms with Gasteiger partial charge in [0.05, 0.1) is 6.61 Å². The largest absolute Gasteiger partial charge is 0.489 e. The van der Waals surface area contributed by atoms with Crippen LogP contribution in [0.3, 0.4) is 0 Å². The molecule has 0 atom stereocenters. The molecule has 0 radical (unpaired) electrons. The average Bonchev–Trinajstić information content (AvgIpc) is 2.64. The first-order chi connectivity index (χ1) is 12.2. The maximum absolute atomic E-state index is 9.47. The van der Waals surface area contributed by atoms with Crippen molar-refractivity contribution >= 4 is 11.6 Å². The summed E-state index contributed by atoms with van der Waals surface area (Å²) < 4.78 is 6.05. The Morgan fingerprint density at radius 3 is 2.28 bits per heavy atom. The number of aryl methyl sites for hydroxylation is 1. The van der Waals surface area contributed by atoms with E-state index in [0.717, 1.165) is 22.4 Å². The van der Waals surface area contributed by atoms with Gasteiger partial charge in [-0.3, -0.25) is 0 Å². The SMILES string of the molecule is Cc1ccc(Cc2c(Cl)cc(CO)cc2OCc2ccccc2)cc1. The van der Waals surface area contributed by atoms with Crippen LogP contribution in [0.2, 0.25) is 5.02 Å². The van der Waals surface area contributed by atoms with Crippen molar-refractivity contribution < 1.29 is 9.84 Å². The number of aliphatic hydroxyl groups excluding tert-OH is 1. The van der Waals surface area contributed by atoms with E-state index in [4.69, 9.17) is 16.3 Å². The van der Waals surface area contributed by atoms with E-state index in [1.807, 2.05) is 36.4 Å². The fourth-order valence-electron chi connectivity index (χ4n) is 2.70. The number of ether oxygens (including phenoxy) is 1. The normalized spacial score (nSPS) is 10.7. The van der Waals surface area contributed by atoms with Crippen LogP contribution in [0.4, 0.5) is 0 Å². The Morgan fingerprint density at radius 1 is 0.880 bits per heavy atom. The highest BCUT2D eigenvalue weighted by Crippen LogP contribution is 2.32. The molecule has 3 aromatic carbocycles. The third-order valence-electron chi connectivity index (χ3n) is 4.14. The number of rotatable bonds is 6. The number of hydrogen-bond acceptors (Lipinski definition) is 2. The lowest BCUT2D eigenvalue weighted by molar-refractivity contribution is 0.277. The highest BCUT2D eigenvalue weighted by atomic mass is 35.5. The molecule has 0 unspecified atom stereocenters. The van der Waals surface area contributed by atoms with Gasteiger partial charge >= 0.3 is 0 Å². The van der Waals surface area contributed by atoms with Crippen LogP contribution in [0, 0.1) is 6.92 Å². The molecule has 1 N–H and O–H groups in total. The van der Waals surface area contributed by atoms with Crippen LogP contribution in [0.15, 0.2) is 66.7 Å². The third-order valence-corrected chi connectivity index (χ3v) is 4.47. The summed E-state index contributed by atoms with van der Waals surface area (Å²) in [6.07, 6.45) is 0.689. The van der Waals surface area contributed by atoms with Gasteiger partial charge in [-0.2, -0.15) is 0 Å². The van der Waals surface area contributed by atoms with E-state index < -0.39 is 0 Å². The molecule has 25 heavy (non-hydrogen) atoms. The van der Waals surface area contributed by atoms with Crippen LogP contribution in [0.5, 0.6) is 5.75 Å². The van der Waals surface area contributed by atoms with Gasteiger partial charge in [-0.1, -0.05) is 71.8 Å². The number of hydrogen-bond donors (Lipinski definition) is 1. The van der Waals surface area contributed by atoms with E-state index in [-0.39, 0.29) is 6.61 Å². The van der Waals surface area contributed by atoms with Gasteiger partial charge < -0.3 is 9.84 Å². The van der Waals surface area contributed by atoms with Gasteiger partial charge in [-0.05, 0) is 35.7 Å². The standard InChI is InChI=1S/C22H21ClO2/c1-16-7-9-17(10-8-16)11-20-21(23)12-19(14-24)13-22(20)25-15-18-5-3-2-4-6-18/h2-10,12-13,24H,11,14-15H2,1H3. The molecule has 0 heterocycles. The van der Waals surface area contributed by atoms with Crippen molar-refractivity contribution in [3.63, 3.8) is 0 Å². The first-order valence-electron chi connectivity index (χ1n) is 8.30.